The van der Waals surface area contributed by atoms with Gasteiger partial charge in [-0.2, -0.15) is 0 Å². The van der Waals surface area contributed by atoms with Gasteiger partial charge in [0.25, 0.3) is 0 Å². The number of pyridine rings is 1. The number of hydrogen-bond donors (Lipinski definition) is 1. The predicted molar refractivity (Wildman–Crippen MR) is 83.3 cm³/mol. The Morgan fingerprint density at radius 1 is 1.25 bits per heavy atom. The van der Waals surface area contributed by atoms with Crippen molar-refractivity contribution in [1.29, 1.82) is 0 Å². The molecule has 4 heteroatoms. The van der Waals surface area contributed by atoms with Crippen molar-refractivity contribution in [3.8, 4) is 11.5 Å². The zero-order chi connectivity index (χ0) is 13.9. The molecule has 2 aromatic heterocycles. The maximum absolute atomic E-state index is 5.51. The van der Waals surface area contributed by atoms with Crippen molar-refractivity contribution in [3.05, 3.63) is 39.8 Å². The predicted octanol–water partition coefficient (Wildman–Crippen LogP) is 4.03. The van der Waals surface area contributed by atoms with Gasteiger partial charge in [0.1, 0.15) is 10.3 Å². The third-order valence-electron chi connectivity index (χ3n) is 3.96. The van der Waals surface area contributed by atoms with Crippen LogP contribution in [0.15, 0.2) is 18.3 Å². The van der Waals surface area contributed by atoms with Crippen molar-refractivity contribution >= 4 is 12.2 Å². The number of nitrogens with zero attached hydrogens (tertiary/aromatic N) is 2. The average Bonchev–Trinajstić information content (AvgIpc) is 2.73. The molecule has 0 bridgehead atoms. The lowest BCUT2D eigenvalue weighted by Gasteiger charge is -2.11. The fraction of sp³-hybridized carbons (Fsp3) is 0.438. The molecule has 0 saturated heterocycles. The summed E-state index contributed by atoms with van der Waals surface area (Å²) < 4.78 is 0.753. The van der Waals surface area contributed by atoms with Crippen LogP contribution in [0, 0.1) is 4.64 Å². The summed E-state index contributed by atoms with van der Waals surface area (Å²) in [5.74, 6) is 0.827. The first-order valence-electron chi connectivity index (χ1n) is 7.36. The van der Waals surface area contributed by atoms with Gasteiger partial charge in [0.2, 0.25) is 0 Å². The minimum Gasteiger partial charge on any atom is -0.342 e. The van der Waals surface area contributed by atoms with Crippen molar-refractivity contribution in [1.82, 2.24) is 15.0 Å². The molecule has 3 nitrogen and oxygen atoms in total. The standard InChI is InChI=1S/C16H19N3S/c1-2-11-7-6-10-17-14(11)15-18-13-9-5-3-4-8-12(13)16(20)19-15/h6-7,10H,2-5,8-9H2,1H3,(H,18,19,20). The average molecular weight is 285 g/mol. The highest BCUT2D eigenvalue weighted by Gasteiger charge is 2.14. The van der Waals surface area contributed by atoms with Crippen LogP contribution in [-0.2, 0) is 19.3 Å². The van der Waals surface area contributed by atoms with E-state index < -0.39 is 0 Å². The highest BCUT2D eigenvalue weighted by atomic mass is 32.1. The molecule has 0 unspecified atom stereocenters. The Labute approximate surface area is 124 Å². The van der Waals surface area contributed by atoms with Crippen LogP contribution in [0.3, 0.4) is 0 Å². The Bertz CT molecular complexity index is 676. The van der Waals surface area contributed by atoms with Gasteiger partial charge >= 0.3 is 0 Å². The SMILES string of the molecule is CCc1cccnc1-c1nc(=S)c2c([nH]1)CCCCC2. The fourth-order valence-corrected chi connectivity index (χ4v) is 3.16. The Morgan fingerprint density at radius 3 is 2.95 bits per heavy atom. The molecule has 0 fully saturated rings. The van der Waals surface area contributed by atoms with Gasteiger partial charge in [0.05, 0.1) is 0 Å². The van der Waals surface area contributed by atoms with Crippen molar-refractivity contribution in [3.63, 3.8) is 0 Å². The highest BCUT2D eigenvalue weighted by Crippen LogP contribution is 2.24. The number of aromatic amines is 1. The van der Waals surface area contributed by atoms with Crippen LogP contribution in [0.5, 0.6) is 0 Å². The molecule has 1 aliphatic rings. The Hall–Kier alpha value is -1.55. The Balaban J connectivity index is 2.14. The smallest absolute Gasteiger partial charge is 0.158 e. The van der Waals surface area contributed by atoms with Crippen LogP contribution < -0.4 is 0 Å². The highest BCUT2D eigenvalue weighted by molar-refractivity contribution is 7.71. The lowest BCUT2D eigenvalue weighted by atomic mass is 10.1. The van der Waals surface area contributed by atoms with Gasteiger partial charge in [-0.25, -0.2) is 4.98 Å². The summed E-state index contributed by atoms with van der Waals surface area (Å²) in [5.41, 5.74) is 4.66. The van der Waals surface area contributed by atoms with E-state index in [-0.39, 0.29) is 0 Å². The molecule has 0 saturated carbocycles. The van der Waals surface area contributed by atoms with E-state index in [2.05, 4.69) is 27.9 Å². The topological polar surface area (TPSA) is 41.6 Å². The minimum atomic E-state index is 0.753. The van der Waals surface area contributed by atoms with Crippen LogP contribution in [0.1, 0.15) is 43.0 Å². The molecule has 0 radical (unpaired) electrons. The molecule has 2 heterocycles. The maximum atomic E-state index is 5.51. The summed E-state index contributed by atoms with van der Waals surface area (Å²) in [6.45, 7) is 2.14. The molecule has 0 spiro atoms. The van der Waals surface area contributed by atoms with Crippen LogP contribution in [-0.4, -0.2) is 15.0 Å². The first-order chi connectivity index (χ1) is 9.79. The molecule has 0 amide bonds. The lowest BCUT2D eigenvalue weighted by molar-refractivity contribution is 0.708. The molecule has 104 valence electrons. The molecule has 2 aromatic rings. The van der Waals surface area contributed by atoms with Crippen molar-refractivity contribution in [2.75, 3.05) is 0 Å². The molecule has 0 aromatic carbocycles. The van der Waals surface area contributed by atoms with Crippen LogP contribution in [0.2, 0.25) is 0 Å². The van der Waals surface area contributed by atoms with Gasteiger partial charge in [0.15, 0.2) is 5.82 Å². The van der Waals surface area contributed by atoms with Crippen LogP contribution >= 0.6 is 12.2 Å². The summed E-state index contributed by atoms with van der Waals surface area (Å²) in [6, 6.07) is 4.08. The molecular weight excluding hydrogens is 266 g/mol. The summed E-state index contributed by atoms with van der Waals surface area (Å²) in [7, 11) is 0. The molecule has 20 heavy (non-hydrogen) atoms. The second-order valence-electron chi connectivity index (χ2n) is 5.27. The van der Waals surface area contributed by atoms with Crippen LogP contribution in [0.25, 0.3) is 11.5 Å². The zero-order valence-corrected chi connectivity index (χ0v) is 12.6. The van der Waals surface area contributed by atoms with E-state index in [0.717, 1.165) is 35.4 Å². The molecule has 0 aliphatic heterocycles. The van der Waals surface area contributed by atoms with Crippen molar-refractivity contribution in [2.24, 2.45) is 0 Å². The second-order valence-corrected chi connectivity index (χ2v) is 5.66. The molecular formula is C16H19N3S. The first kappa shape index (κ1) is 13.4. The number of hydrogen-bond acceptors (Lipinski definition) is 3. The summed E-state index contributed by atoms with van der Waals surface area (Å²) in [6.07, 6.45) is 8.61. The number of aromatic nitrogens is 3. The van der Waals surface area contributed by atoms with E-state index in [1.807, 2.05) is 12.3 Å². The zero-order valence-electron chi connectivity index (χ0n) is 11.8. The lowest BCUT2D eigenvalue weighted by Crippen LogP contribution is -2.04. The van der Waals surface area contributed by atoms with E-state index in [0.29, 0.717) is 0 Å². The summed E-state index contributed by atoms with van der Waals surface area (Å²) >= 11 is 5.51. The third kappa shape index (κ3) is 2.52. The summed E-state index contributed by atoms with van der Waals surface area (Å²) in [5, 5.41) is 0. The number of H-pyrrole nitrogens is 1. The fourth-order valence-electron chi connectivity index (χ4n) is 2.85. The maximum Gasteiger partial charge on any atom is 0.158 e. The second kappa shape index (κ2) is 5.83. The van der Waals surface area contributed by atoms with E-state index in [4.69, 9.17) is 12.2 Å². The van der Waals surface area contributed by atoms with E-state index in [1.165, 1.54) is 36.1 Å². The third-order valence-corrected chi connectivity index (χ3v) is 4.29. The molecule has 1 N–H and O–H groups in total. The van der Waals surface area contributed by atoms with Crippen LogP contribution in [0.4, 0.5) is 0 Å². The van der Waals surface area contributed by atoms with E-state index >= 15 is 0 Å². The molecule has 0 atom stereocenters. The number of rotatable bonds is 2. The Morgan fingerprint density at radius 2 is 2.10 bits per heavy atom. The number of fused-ring (bicyclic) bond motifs is 1. The van der Waals surface area contributed by atoms with Gasteiger partial charge in [-0.1, -0.05) is 31.6 Å². The van der Waals surface area contributed by atoms with Gasteiger partial charge < -0.3 is 4.98 Å². The van der Waals surface area contributed by atoms with E-state index in [9.17, 15) is 0 Å². The molecule has 3 rings (SSSR count). The largest absolute Gasteiger partial charge is 0.342 e. The molecule has 1 aliphatic carbocycles. The number of aryl methyl sites for hydroxylation is 2. The monoisotopic (exact) mass is 285 g/mol. The van der Waals surface area contributed by atoms with Crippen molar-refractivity contribution < 1.29 is 0 Å². The Kier molecular flexibility index (Phi) is 3.92. The quantitative estimate of drug-likeness (QED) is 0.669. The van der Waals surface area contributed by atoms with Gasteiger partial charge in [-0.15, -0.1) is 0 Å². The van der Waals surface area contributed by atoms with Gasteiger partial charge in [-0.3, -0.25) is 4.98 Å². The normalized spacial score (nSPS) is 14.7. The first-order valence-corrected chi connectivity index (χ1v) is 7.76. The van der Waals surface area contributed by atoms with Crippen molar-refractivity contribution in [2.45, 2.75) is 45.4 Å². The summed E-state index contributed by atoms with van der Waals surface area (Å²) in [4.78, 5) is 12.6. The van der Waals surface area contributed by atoms with Gasteiger partial charge in [-0.05, 0) is 43.7 Å². The van der Waals surface area contributed by atoms with Gasteiger partial charge in [0, 0.05) is 17.5 Å². The number of nitrogens with one attached hydrogen (secondary N) is 1. The minimum absolute atomic E-state index is 0.753. The van der Waals surface area contributed by atoms with E-state index in [1.54, 1.807) is 0 Å².